The first-order valence-electron chi connectivity index (χ1n) is 17.5. The summed E-state index contributed by atoms with van der Waals surface area (Å²) < 4.78 is 30.1. The summed E-state index contributed by atoms with van der Waals surface area (Å²) in [5.41, 5.74) is 1.28. The SMILES string of the molecule is C=C1[C@@H](OC(=O)CCc2cccc(N(C)C)c2O)CC(OC(C)=O)[C@]2(C)[C@@H]1C[C@@H]1C[C@H](OC(C)=O)C(C)=C([C@@H](OC(C)=O)[C@@H]2OC(C)=O)C1(C)C. The van der Waals surface area contributed by atoms with Gasteiger partial charge in [0.1, 0.15) is 24.1 Å². The fourth-order valence-corrected chi connectivity index (χ4v) is 8.71. The van der Waals surface area contributed by atoms with Crippen LogP contribution >= 0.6 is 0 Å². The second-order valence-corrected chi connectivity index (χ2v) is 15.1. The van der Waals surface area contributed by atoms with Gasteiger partial charge in [0.25, 0.3) is 0 Å². The number of hydrogen-bond donors (Lipinski definition) is 1. The summed E-state index contributed by atoms with van der Waals surface area (Å²) in [4.78, 5) is 65.9. The molecule has 2 saturated carbocycles. The molecule has 2 bridgehead atoms. The first kappa shape index (κ1) is 39.4. The molecule has 1 unspecified atom stereocenters. The minimum Gasteiger partial charge on any atom is -0.505 e. The minimum atomic E-state index is -1.20. The van der Waals surface area contributed by atoms with E-state index in [9.17, 15) is 29.1 Å². The van der Waals surface area contributed by atoms with E-state index in [1.165, 1.54) is 27.7 Å². The molecule has 3 aliphatic carbocycles. The molecule has 12 nitrogen and oxygen atoms in total. The summed E-state index contributed by atoms with van der Waals surface area (Å²) in [6, 6.07) is 5.34. The van der Waals surface area contributed by atoms with Crippen LogP contribution in [0.4, 0.5) is 5.69 Å². The van der Waals surface area contributed by atoms with Crippen molar-refractivity contribution in [2.24, 2.45) is 22.7 Å². The Bertz CT molecular complexity index is 1610. The maximum atomic E-state index is 13.4. The average molecular weight is 712 g/mol. The van der Waals surface area contributed by atoms with Gasteiger partial charge in [0.05, 0.1) is 11.1 Å². The second-order valence-electron chi connectivity index (χ2n) is 15.1. The number of carbonyl (C=O) groups excluding carboxylic acids is 5. The van der Waals surface area contributed by atoms with Crippen molar-refractivity contribution in [1.29, 1.82) is 0 Å². The summed E-state index contributed by atoms with van der Waals surface area (Å²) in [6.45, 7) is 17.3. The fourth-order valence-electron chi connectivity index (χ4n) is 8.71. The van der Waals surface area contributed by atoms with Gasteiger partial charge in [-0.15, -0.1) is 0 Å². The highest BCUT2D eigenvalue weighted by atomic mass is 16.6. The van der Waals surface area contributed by atoms with Crippen molar-refractivity contribution in [2.75, 3.05) is 19.0 Å². The van der Waals surface area contributed by atoms with Crippen molar-refractivity contribution in [1.82, 2.24) is 0 Å². The number of fused-ring (bicyclic) bond motifs is 3. The molecule has 0 radical (unpaired) electrons. The molecular formula is C39H53NO11. The molecular weight excluding hydrogens is 658 g/mol. The van der Waals surface area contributed by atoms with Crippen LogP contribution < -0.4 is 4.90 Å². The fraction of sp³-hybridized carbons (Fsp3) is 0.615. The van der Waals surface area contributed by atoms with Crippen LogP contribution in [0, 0.1) is 22.7 Å². The number of para-hydroxylation sites is 1. The molecule has 4 rings (SSSR count). The zero-order valence-corrected chi connectivity index (χ0v) is 31.5. The molecule has 280 valence electrons. The summed E-state index contributed by atoms with van der Waals surface area (Å²) in [7, 11) is 3.63. The van der Waals surface area contributed by atoms with Gasteiger partial charge >= 0.3 is 29.8 Å². The first-order valence-corrected chi connectivity index (χ1v) is 17.5. The van der Waals surface area contributed by atoms with Gasteiger partial charge in [-0.25, -0.2) is 0 Å². The lowest BCUT2D eigenvalue weighted by Crippen LogP contribution is -2.64. The maximum Gasteiger partial charge on any atom is 0.306 e. The van der Waals surface area contributed by atoms with Crippen molar-refractivity contribution in [3.63, 3.8) is 0 Å². The summed E-state index contributed by atoms with van der Waals surface area (Å²) in [6.07, 6.45) is -3.70. The number of ether oxygens (including phenoxy) is 5. The normalized spacial score (nSPS) is 29.8. The molecule has 0 spiro atoms. The van der Waals surface area contributed by atoms with Crippen LogP contribution in [-0.4, -0.2) is 79.6 Å². The lowest BCUT2D eigenvalue weighted by molar-refractivity contribution is -0.212. The van der Waals surface area contributed by atoms with E-state index in [-0.39, 0.29) is 30.9 Å². The molecule has 1 aromatic rings. The van der Waals surface area contributed by atoms with E-state index in [0.717, 1.165) is 0 Å². The number of carbonyl (C=O) groups is 5. The Morgan fingerprint density at radius 2 is 1.45 bits per heavy atom. The number of aromatic hydroxyl groups is 1. The van der Waals surface area contributed by atoms with Crippen molar-refractivity contribution in [3.05, 3.63) is 47.1 Å². The number of nitrogens with zero attached hydrogens (tertiary/aromatic N) is 1. The number of anilines is 1. The molecule has 1 aromatic carbocycles. The van der Waals surface area contributed by atoms with Gasteiger partial charge in [0.15, 0.2) is 12.2 Å². The second kappa shape index (κ2) is 15.1. The van der Waals surface area contributed by atoms with Gasteiger partial charge < -0.3 is 33.7 Å². The molecule has 12 heteroatoms. The standard InChI is InChI=1S/C39H53NO11/c1-20-28-17-27-18-30(47-22(3)41)21(2)34(38(27,7)8)36(49-24(5)43)37(50-25(6)44)39(28,9)32(48-23(4)42)19-31(20)51-33(45)16-15-26-13-12-14-29(35(26)46)40(10)11/h12-14,27-28,30-32,36-37,46H,1,15-19H2,2-11H3/t27-,28-,30+,31+,32?,36-,37+,39+/m1/s1. The molecule has 0 heterocycles. The molecule has 51 heavy (non-hydrogen) atoms. The van der Waals surface area contributed by atoms with Gasteiger partial charge in [-0.2, -0.15) is 0 Å². The predicted molar refractivity (Wildman–Crippen MR) is 187 cm³/mol. The Morgan fingerprint density at radius 3 is 2.02 bits per heavy atom. The van der Waals surface area contributed by atoms with E-state index in [1.807, 2.05) is 41.8 Å². The highest BCUT2D eigenvalue weighted by Crippen LogP contribution is 2.61. The van der Waals surface area contributed by atoms with E-state index in [0.29, 0.717) is 40.8 Å². The predicted octanol–water partition coefficient (Wildman–Crippen LogP) is 5.38. The van der Waals surface area contributed by atoms with Crippen LogP contribution in [0.15, 0.2) is 41.5 Å². The number of benzene rings is 1. The molecule has 8 atom stereocenters. The van der Waals surface area contributed by atoms with Crippen LogP contribution in [0.1, 0.15) is 86.6 Å². The van der Waals surface area contributed by atoms with Crippen molar-refractivity contribution in [3.8, 4) is 5.75 Å². The van der Waals surface area contributed by atoms with Crippen molar-refractivity contribution >= 4 is 35.5 Å². The number of esters is 5. The van der Waals surface area contributed by atoms with Crippen molar-refractivity contribution in [2.45, 2.75) is 118 Å². The van der Waals surface area contributed by atoms with Gasteiger partial charge in [0, 0.05) is 54.6 Å². The summed E-state index contributed by atoms with van der Waals surface area (Å²) in [5, 5.41) is 10.8. The van der Waals surface area contributed by atoms with Crippen molar-refractivity contribution < 1.29 is 52.8 Å². The van der Waals surface area contributed by atoms with Crippen LogP contribution in [0.3, 0.4) is 0 Å². The van der Waals surface area contributed by atoms with Gasteiger partial charge in [-0.3, -0.25) is 24.0 Å². The Hall–Kier alpha value is -4.35. The highest BCUT2D eigenvalue weighted by molar-refractivity contribution is 5.72. The Kier molecular flexibility index (Phi) is 11.7. The highest BCUT2D eigenvalue weighted by Gasteiger charge is 2.64. The number of phenols is 1. The zero-order valence-electron chi connectivity index (χ0n) is 31.5. The lowest BCUT2D eigenvalue weighted by atomic mass is 9.49. The minimum absolute atomic E-state index is 0.0191. The molecule has 0 aliphatic heterocycles. The van der Waals surface area contributed by atoms with Gasteiger partial charge in [0.2, 0.25) is 0 Å². The van der Waals surface area contributed by atoms with Gasteiger partial charge in [-0.1, -0.05) is 39.5 Å². The number of phenolic OH excluding ortho intramolecular Hbond substituents is 1. The van der Waals surface area contributed by atoms with E-state index in [1.54, 1.807) is 23.1 Å². The molecule has 0 saturated heterocycles. The van der Waals surface area contributed by atoms with E-state index in [2.05, 4.69) is 6.58 Å². The Labute approximate surface area is 300 Å². The van der Waals surface area contributed by atoms with E-state index >= 15 is 0 Å². The number of hydrogen-bond acceptors (Lipinski definition) is 12. The average Bonchev–Trinajstić information content (AvgIpc) is 3.00. The Morgan fingerprint density at radius 1 is 0.843 bits per heavy atom. The van der Waals surface area contributed by atoms with Gasteiger partial charge in [-0.05, 0) is 71.8 Å². The monoisotopic (exact) mass is 711 g/mol. The van der Waals surface area contributed by atoms with Crippen LogP contribution in [0.2, 0.25) is 0 Å². The molecule has 1 N–H and O–H groups in total. The summed E-state index contributed by atoms with van der Waals surface area (Å²) in [5.74, 6) is -3.53. The van der Waals surface area contributed by atoms with E-state index in [4.69, 9.17) is 23.7 Å². The Balaban J connectivity index is 1.81. The molecule has 2 fully saturated rings. The topological polar surface area (TPSA) is 155 Å². The smallest absolute Gasteiger partial charge is 0.306 e. The lowest BCUT2D eigenvalue weighted by Gasteiger charge is -2.59. The van der Waals surface area contributed by atoms with E-state index < -0.39 is 77.1 Å². The number of aryl methyl sites for hydroxylation is 1. The van der Waals surface area contributed by atoms with Crippen LogP contribution in [0.5, 0.6) is 5.75 Å². The molecule has 0 amide bonds. The quantitative estimate of drug-likeness (QED) is 0.199. The summed E-state index contributed by atoms with van der Waals surface area (Å²) >= 11 is 0. The third-order valence-electron chi connectivity index (χ3n) is 11.2. The zero-order chi connectivity index (χ0) is 38.2. The third kappa shape index (κ3) is 7.94. The third-order valence-corrected chi connectivity index (χ3v) is 11.2. The molecule has 3 aliphatic rings. The maximum absolute atomic E-state index is 13.4. The largest absolute Gasteiger partial charge is 0.505 e. The number of rotatable bonds is 9. The first-order chi connectivity index (χ1) is 23.7. The molecule has 0 aromatic heterocycles. The van der Waals surface area contributed by atoms with Crippen LogP contribution in [0.25, 0.3) is 0 Å². The van der Waals surface area contributed by atoms with Crippen LogP contribution in [-0.2, 0) is 54.1 Å².